The van der Waals surface area contributed by atoms with Crippen molar-refractivity contribution in [3.63, 3.8) is 0 Å². The van der Waals surface area contributed by atoms with E-state index in [9.17, 15) is 19.5 Å². The Morgan fingerprint density at radius 1 is 1.12 bits per heavy atom. The van der Waals surface area contributed by atoms with Crippen molar-refractivity contribution >= 4 is 45.0 Å². The van der Waals surface area contributed by atoms with E-state index >= 15 is 0 Å². The monoisotopic (exact) mass is 529 g/mol. The first kappa shape index (κ1) is 25.1. The zero-order valence-electron chi connectivity index (χ0n) is 19.0. The predicted octanol–water partition coefficient (Wildman–Crippen LogP) is 3.80. The second kappa shape index (κ2) is 11.1. The number of alkyl halides is 1. The second-order valence-electron chi connectivity index (χ2n) is 8.07. The number of nitrogens with zero attached hydrogens (tertiary/aromatic N) is 2. The van der Waals surface area contributed by atoms with Crippen LogP contribution < -0.4 is 16.4 Å². The summed E-state index contributed by atoms with van der Waals surface area (Å²) >= 11 is 3.38. The van der Waals surface area contributed by atoms with Gasteiger partial charge in [0.05, 0.1) is 5.69 Å². The van der Waals surface area contributed by atoms with Crippen LogP contribution in [0.3, 0.4) is 0 Å². The van der Waals surface area contributed by atoms with Gasteiger partial charge in [0.2, 0.25) is 5.91 Å². The summed E-state index contributed by atoms with van der Waals surface area (Å²) in [4.78, 5) is 36.9. The fraction of sp³-hybridized carbons (Fsp3) is 0.292. The van der Waals surface area contributed by atoms with Gasteiger partial charge < -0.3 is 30.6 Å². The van der Waals surface area contributed by atoms with Gasteiger partial charge in [0.25, 0.3) is 11.8 Å². The minimum absolute atomic E-state index is 0.0839. The van der Waals surface area contributed by atoms with E-state index in [1.54, 1.807) is 58.9 Å². The van der Waals surface area contributed by atoms with Crippen molar-refractivity contribution in [2.24, 2.45) is 12.8 Å². The molecule has 2 aromatic heterocycles. The smallest absolute Gasteiger partial charge is 0.272 e. The highest BCUT2D eigenvalue weighted by atomic mass is 79.9. The molecule has 5 N–H and O–H groups in total. The Morgan fingerprint density at radius 3 is 2.56 bits per heavy atom. The number of aromatic nitrogens is 2. The van der Waals surface area contributed by atoms with Crippen molar-refractivity contribution < 1.29 is 19.5 Å². The molecule has 0 radical (unpaired) electrons. The lowest BCUT2D eigenvalue weighted by atomic mass is 10.1. The number of phenolic OH excluding ortho intramolecular Hbond substituents is 1. The molecule has 180 valence electrons. The van der Waals surface area contributed by atoms with E-state index in [0.29, 0.717) is 40.9 Å². The Balaban J connectivity index is 1.73. The minimum Gasteiger partial charge on any atom is -0.508 e. The Bertz CT molecular complexity index is 1200. The van der Waals surface area contributed by atoms with Crippen LogP contribution >= 0.6 is 15.9 Å². The van der Waals surface area contributed by atoms with E-state index < -0.39 is 0 Å². The number of primary amides is 1. The van der Waals surface area contributed by atoms with Gasteiger partial charge in [-0.25, -0.2) is 0 Å². The molecule has 0 aliphatic heterocycles. The molecule has 0 fully saturated rings. The van der Waals surface area contributed by atoms with Gasteiger partial charge in [0.15, 0.2) is 0 Å². The molecule has 3 aromatic rings. The lowest BCUT2D eigenvalue weighted by molar-refractivity contribution is -0.118. The van der Waals surface area contributed by atoms with E-state index in [1.807, 2.05) is 6.92 Å². The molecular weight excluding hydrogens is 502 g/mol. The minimum atomic E-state index is -0.383. The maximum absolute atomic E-state index is 12.9. The number of carbonyl (C=O) groups is 3. The lowest BCUT2D eigenvalue weighted by Crippen LogP contribution is -2.20. The summed E-state index contributed by atoms with van der Waals surface area (Å²) in [5.74, 6) is -0.919. The number of aromatic hydroxyl groups is 1. The molecule has 1 atom stereocenters. The molecule has 0 bridgehead atoms. The van der Waals surface area contributed by atoms with Crippen molar-refractivity contribution in [1.82, 2.24) is 9.13 Å². The van der Waals surface area contributed by atoms with Gasteiger partial charge in [-0.05, 0) is 61.7 Å². The molecule has 3 rings (SSSR count). The first-order chi connectivity index (χ1) is 16.2. The Morgan fingerprint density at radius 2 is 1.85 bits per heavy atom. The molecule has 0 aliphatic carbocycles. The fourth-order valence-electron chi connectivity index (χ4n) is 3.71. The van der Waals surface area contributed by atoms with Crippen LogP contribution in [0.2, 0.25) is 0 Å². The second-order valence-corrected chi connectivity index (χ2v) is 8.86. The van der Waals surface area contributed by atoms with Crippen LogP contribution in [0.5, 0.6) is 5.75 Å². The van der Waals surface area contributed by atoms with Gasteiger partial charge >= 0.3 is 0 Å². The third-order valence-electron chi connectivity index (χ3n) is 5.49. The number of hydrogen-bond acceptors (Lipinski definition) is 4. The highest BCUT2D eigenvalue weighted by Crippen LogP contribution is 2.24. The molecule has 10 heteroatoms. The molecule has 0 aliphatic rings. The van der Waals surface area contributed by atoms with Gasteiger partial charge in [-0.1, -0.05) is 15.9 Å². The number of benzene rings is 1. The van der Waals surface area contributed by atoms with Gasteiger partial charge in [-0.15, -0.1) is 0 Å². The van der Waals surface area contributed by atoms with E-state index in [2.05, 4.69) is 26.6 Å². The van der Waals surface area contributed by atoms with Crippen LogP contribution in [-0.2, 0) is 18.3 Å². The lowest BCUT2D eigenvalue weighted by Gasteiger charge is -2.16. The largest absolute Gasteiger partial charge is 0.508 e. The summed E-state index contributed by atoms with van der Waals surface area (Å²) in [6.07, 6.45) is 4.83. The first-order valence-electron chi connectivity index (χ1n) is 10.8. The number of amides is 3. The topological polar surface area (TPSA) is 131 Å². The maximum atomic E-state index is 12.9. The average molecular weight is 530 g/mol. The SMILES string of the molecule is CC(CCC(N)=O)n1cccc1C(=O)Nc1cc(C(=O)Nc2ccc(O)cc2CCBr)n(C)c1. The Labute approximate surface area is 206 Å². The summed E-state index contributed by atoms with van der Waals surface area (Å²) in [6, 6.07) is 9.77. The van der Waals surface area contributed by atoms with Crippen LogP contribution in [-0.4, -0.2) is 37.3 Å². The number of rotatable bonds is 10. The third-order valence-corrected chi connectivity index (χ3v) is 5.89. The van der Waals surface area contributed by atoms with Gasteiger partial charge in [0, 0.05) is 42.9 Å². The van der Waals surface area contributed by atoms with E-state index in [4.69, 9.17) is 5.73 Å². The number of carbonyl (C=O) groups excluding carboxylic acids is 3. The van der Waals surface area contributed by atoms with E-state index in [-0.39, 0.29) is 35.9 Å². The van der Waals surface area contributed by atoms with Gasteiger partial charge in [-0.2, -0.15) is 0 Å². The van der Waals surface area contributed by atoms with E-state index in [1.165, 1.54) is 6.07 Å². The number of nitrogens with one attached hydrogen (secondary N) is 2. The van der Waals surface area contributed by atoms with Crippen LogP contribution in [0.15, 0.2) is 48.8 Å². The normalized spacial score (nSPS) is 11.7. The van der Waals surface area contributed by atoms with E-state index in [0.717, 1.165) is 5.56 Å². The Hall–Kier alpha value is -3.53. The fourth-order valence-corrected chi connectivity index (χ4v) is 4.14. The molecule has 34 heavy (non-hydrogen) atoms. The molecule has 9 nitrogen and oxygen atoms in total. The quantitative estimate of drug-likeness (QED) is 0.235. The van der Waals surface area contributed by atoms with Crippen molar-refractivity contribution in [3.8, 4) is 5.75 Å². The summed E-state index contributed by atoms with van der Waals surface area (Å²) in [5, 5.41) is 16.1. The van der Waals surface area contributed by atoms with Crippen LogP contribution in [0, 0.1) is 0 Å². The molecule has 0 saturated heterocycles. The van der Waals surface area contributed by atoms with Gasteiger partial charge in [0.1, 0.15) is 17.1 Å². The first-order valence-corrected chi connectivity index (χ1v) is 11.9. The highest BCUT2D eigenvalue weighted by molar-refractivity contribution is 9.09. The Kier molecular flexibility index (Phi) is 8.17. The van der Waals surface area contributed by atoms with Crippen LogP contribution in [0.1, 0.15) is 52.3 Å². The molecule has 1 aromatic carbocycles. The number of phenols is 1. The average Bonchev–Trinajstić information content (AvgIpc) is 3.41. The molecule has 0 spiro atoms. The number of aryl methyl sites for hydroxylation is 2. The standard InChI is InChI=1S/C24H28BrN5O4/c1-15(5-8-22(26)32)30-11-3-4-20(30)23(33)27-17-13-21(29(2)14-17)24(34)28-19-7-6-18(31)12-16(19)9-10-25/h3-4,6-7,11-15,31H,5,8-10H2,1-2H3,(H2,26,32)(H,27,33)(H,28,34). The van der Waals surface area contributed by atoms with Crippen LogP contribution in [0.4, 0.5) is 11.4 Å². The van der Waals surface area contributed by atoms with Crippen molar-refractivity contribution in [2.45, 2.75) is 32.2 Å². The van der Waals surface area contributed by atoms with Crippen LogP contribution in [0.25, 0.3) is 0 Å². The molecule has 0 saturated carbocycles. The summed E-state index contributed by atoms with van der Waals surface area (Å²) < 4.78 is 3.43. The summed E-state index contributed by atoms with van der Waals surface area (Å²) in [6.45, 7) is 1.91. The summed E-state index contributed by atoms with van der Waals surface area (Å²) in [5.41, 5.74) is 7.92. The zero-order chi connectivity index (χ0) is 24.8. The van der Waals surface area contributed by atoms with Gasteiger partial charge in [-0.3, -0.25) is 14.4 Å². The van der Waals surface area contributed by atoms with Crippen molar-refractivity contribution in [1.29, 1.82) is 0 Å². The zero-order valence-corrected chi connectivity index (χ0v) is 20.6. The number of anilines is 2. The number of halogens is 1. The third kappa shape index (κ3) is 6.07. The molecule has 3 amide bonds. The molecular formula is C24H28BrN5O4. The number of hydrogen-bond donors (Lipinski definition) is 4. The summed E-state index contributed by atoms with van der Waals surface area (Å²) in [7, 11) is 1.72. The predicted molar refractivity (Wildman–Crippen MR) is 134 cm³/mol. The maximum Gasteiger partial charge on any atom is 0.272 e. The van der Waals surface area contributed by atoms with Crippen molar-refractivity contribution in [3.05, 3.63) is 65.7 Å². The molecule has 2 heterocycles. The number of nitrogens with two attached hydrogens (primary N) is 1. The highest BCUT2D eigenvalue weighted by Gasteiger charge is 2.19. The van der Waals surface area contributed by atoms with Crippen molar-refractivity contribution in [2.75, 3.05) is 16.0 Å². The molecule has 1 unspecified atom stereocenters.